The number of thioether (sulfide) groups is 1. The molecule has 4 rings (SSSR count). The van der Waals surface area contributed by atoms with Gasteiger partial charge in [0.15, 0.2) is 0 Å². The van der Waals surface area contributed by atoms with Gasteiger partial charge in [-0.05, 0) is 44.2 Å². The monoisotopic (exact) mass is 397 g/mol. The Hall–Kier alpha value is -2.80. The number of aryl methyl sites for hydroxylation is 1. The highest BCUT2D eigenvalue weighted by Crippen LogP contribution is 2.48. The van der Waals surface area contributed by atoms with Gasteiger partial charge < -0.3 is 10.1 Å². The van der Waals surface area contributed by atoms with Crippen molar-refractivity contribution in [1.82, 2.24) is 9.78 Å². The van der Waals surface area contributed by atoms with Crippen LogP contribution in [-0.4, -0.2) is 28.0 Å². The molecule has 0 spiro atoms. The van der Waals surface area contributed by atoms with Gasteiger partial charge in [0.1, 0.15) is 17.4 Å². The van der Waals surface area contributed by atoms with Crippen LogP contribution < -0.4 is 10.1 Å². The van der Waals surface area contributed by atoms with Gasteiger partial charge in [-0.25, -0.2) is 9.07 Å². The van der Waals surface area contributed by atoms with Crippen molar-refractivity contribution in [1.29, 1.82) is 0 Å². The Bertz CT molecular complexity index is 1030. The molecular formula is C21H20FN3O2S. The highest BCUT2D eigenvalue weighted by atomic mass is 32.2. The standard InChI is InChI=1S/C21H20FN3O2S/c1-12-18-19(16-6-4-5-7-17(16)27-3)28-13(2)21(26)23-20(18)25(24-12)15-10-8-14(22)9-11-15/h4-11,13,19H,1-3H3,(H,23,26)/t13-,19+/m0/s1. The van der Waals surface area contributed by atoms with Gasteiger partial charge in [-0.15, -0.1) is 11.8 Å². The number of hydrogen-bond donors (Lipinski definition) is 1. The largest absolute Gasteiger partial charge is 0.496 e. The maximum Gasteiger partial charge on any atom is 0.238 e. The molecule has 0 aliphatic carbocycles. The zero-order valence-electron chi connectivity index (χ0n) is 15.8. The molecule has 1 N–H and O–H groups in total. The highest BCUT2D eigenvalue weighted by molar-refractivity contribution is 8.01. The summed E-state index contributed by atoms with van der Waals surface area (Å²) in [5.41, 5.74) is 3.40. The summed E-state index contributed by atoms with van der Waals surface area (Å²) in [7, 11) is 1.64. The van der Waals surface area contributed by atoms with Gasteiger partial charge in [-0.2, -0.15) is 5.10 Å². The van der Waals surface area contributed by atoms with Gasteiger partial charge in [0, 0.05) is 11.1 Å². The minimum Gasteiger partial charge on any atom is -0.496 e. The fourth-order valence-corrected chi connectivity index (χ4v) is 4.76. The molecule has 2 atom stereocenters. The van der Waals surface area contributed by atoms with Gasteiger partial charge in [0.05, 0.1) is 29.0 Å². The molecule has 0 radical (unpaired) electrons. The predicted octanol–water partition coefficient (Wildman–Crippen LogP) is 4.49. The number of nitrogens with zero attached hydrogens (tertiary/aromatic N) is 2. The van der Waals surface area contributed by atoms with E-state index in [0.717, 1.165) is 22.6 Å². The van der Waals surface area contributed by atoms with Crippen molar-refractivity contribution in [2.75, 3.05) is 12.4 Å². The van der Waals surface area contributed by atoms with Crippen LogP contribution in [0.2, 0.25) is 0 Å². The van der Waals surface area contributed by atoms with Crippen molar-refractivity contribution in [3.8, 4) is 11.4 Å². The third-order valence-corrected chi connectivity index (χ3v) is 6.20. The second kappa shape index (κ2) is 7.31. The van der Waals surface area contributed by atoms with Crippen molar-refractivity contribution in [2.24, 2.45) is 0 Å². The van der Waals surface area contributed by atoms with Crippen LogP contribution in [0.3, 0.4) is 0 Å². The molecule has 0 bridgehead atoms. The molecule has 0 saturated carbocycles. The lowest BCUT2D eigenvalue weighted by Gasteiger charge is -2.19. The molecule has 1 amide bonds. The number of aromatic nitrogens is 2. The molecule has 2 heterocycles. The van der Waals surface area contributed by atoms with Gasteiger partial charge in [0.25, 0.3) is 0 Å². The lowest BCUT2D eigenvalue weighted by Crippen LogP contribution is -2.22. The summed E-state index contributed by atoms with van der Waals surface area (Å²) in [6.45, 7) is 3.81. The zero-order chi connectivity index (χ0) is 19.8. The van der Waals surface area contributed by atoms with E-state index in [0.29, 0.717) is 11.5 Å². The molecule has 0 saturated heterocycles. The second-order valence-electron chi connectivity index (χ2n) is 6.63. The first-order valence-electron chi connectivity index (χ1n) is 8.94. The third kappa shape index (κ3) is 3.16. The Balaban J connectivity index is 1.93. The first-order valence-corrected chi connectivity index (χ1v) is 9.88. The summed E-state index contributed by atoms with van der Waals surface area (Å²) in [5.74, 6) is 0.967. The molecule has 28 heavy (non-hydrogen) atoms. The normalized spacial score (nSPS) is 18.9. The molecule has 3 aromatic rings. The molecule has 7 heteroatoms. The van der Waals surface area contributed by atoms with Crippen molar-refractivity contribution in [3.05, 3.63) is 71.2 Å². The summed E-state index contributed by atoms with van der Waals surface area (Å²) < 4.78 is 20.6. The summed E-state index contributed by atoms with van der Waals surface area (Å²) in [6.07, 6.45) is 0. The smallest absolute Gasteiger partial charge is 0.238 e. The van der Waals surface area contributed by atoms with Crippen molar-refractivity contribution >= 4 is 23.5 Å². The second-order valence-corrected chi connectivity index (χ2v) is 8.08. The first kappa shape index (κ1) is 18.6. The van der Waals surface area contributed by atoms with Crippen LogP contribution in [0.15, 0.2) is 48.5 Å². The number of ether oxygens (including phenoxy) is 1. The summed E-state index contributed by atoms with van der Waals surface area (Å²) in [6, 6.07) is 13.9. The maximum atomic E-state index is 13.4. The van der Waals surface area contributed by atoms with Crippen LogP contribution in [-0.2, 0) is 4.79 Å². The van der Waals surface area contributed by atoms with E-state index in [1.54, 1.807) is 35.7 Å². The van der Waals surface area contributed by atoms with E-state index in [1.807, 2.05) is 38.1 Å². The van der Waals surface area contributed by atoms with Crippen molar-refractivity contribution in [3.63, 3.8) is 0 Å². The number of benzene rings is 2. The number of carbonyl (C=O) groups is 1. The van der Waals surface area contributed by atoms with Gasteiger partial charge in [-0.3, -0.25) is 4.79 Å². The van der Waals surface area contributed by atoms with E-state index in [9.17, 15) is 9.18 Å². The quantitative estimate of drug-likeness (QED) is 0.707. The van der Waals surface area contributed by atoms with E-state index in [1.165, 1.54) is 12.1 Å². The van der Waals surface area contributed by atoms with Crippen LogP contribution >= 0.6 is 11.8 Å². The van der Waals surface area contributed by atoms with Crippen LogP contribution in [0, 0.1) is 12.7 Å². The van der Waals surface area contributed by atoms with E-state index < -0.39 is 0 Å². The zero-order valence-corrected chi connectivity index (χ0v) is 16.6. The lowest BCUT2D eigenvalue weighted by atomic mass is 10.0. The number of rotatable bonds is 3. The Morgan fingerprint density at radius 1 is 1.18 bits per heavy atom. The van der Waals surface area contributed by atoms with Crippen LogP contribution in [0.25, 0.3) is 5.69 Å². The van der Waals surface area contributed by atoms with E-state index in [-0.39, 0.29) is 22.2 Å². The molecule has 1 aliphatic rings. The third-order valence-electron chi connectivity index (χ3n) is 4.81. The van der Waals surface area contributed by atoms with Crippen LogP contribution in [0.4, 0.5) is 10.2 Å². The number of halogens is 1. The van der Waals surface area contributed by atoms with Crippen LogP contribution in [0.1, 0.15) is 29.0 Å². The number of para-hydroxylation sites is 1. The summed E-state index contributed by atoms with van der Waals surface area (Å²) >= 11 is 1.56. The number of anilines is 1. The number of fused-ring (bicyclic) bond motifs is 1. The topological polar surface area (TPSA) is 56.1 Å². The molecule has 2 aromatic carbocycles. The van der Waals surface area contributed by atoms with Crippen molar-refractivity contribution < 1.29 is 13.9 Å². The fraction of sp³-hybridized carbons (Fsp3) is 0.238. The van der Waals surface area contributed by atoms with Crippen LogP contribution in [0.5, 0.6) is 5.75 Å². The minimum atomic E-state index is -0.321. The Morgan fingerprint density at radius 3 is 2.61 bits per heavy atom. The SMILES string of the molecule is COc1ccccc1[C@H]1S[C@@H](C)C(=O)Nc2c1c(C)nn2-c1ccc(F)cc1. The predicted molar refractivity (Wildman–Crippen MR) is 109 cm³/mol. The summed E-state index contributed by atoms with van der Waals surface area (Å²) in [5, 5.41) is 7.28. The van der Waals surface area contributed by atoms with Gasteiger partial charge in [-0.1, -0.05) is 18.2 Å². The Morgan fingerprint density at radius 2 is 1.89 bits per heavy atom. The number of nitrogens with one attached hydrogen (secondary N) is 1. The van der Waals surface area contributed by atoms with Gasteiger partial charge in [0.2, 0.25) is 5.91 Å². The average molecular weight is 397 g/mol. The van der Waals surface area contributed by atoms with Crippen molar-refractivity contribution in [2.45, 2.75) is 24.3 Å². The molecule has 5 nitrogen and oxygen atoms in total. The number of methoxy groups -OCH3 is 1. The molecule has 0 fully saturated rings. The fourth-order valence-electron chi connectivity index (χ4n) is 3.41. The minimum absolute atomic E-state index is 0.0908. The molecule has 0 unspecified atom stereocenters. The Kier molecular flexibility index (Phi) is 4.85. The molecule has 144 valence electrons. The van der Waals surface area contributed by atoms with Gasteiger partial charge >= 0.3 is 0 Å². The number of amides is 1. The molecular weight excluding hydrogens is 377 g/mol. The van der Waals surface area contributed by atoms with E-state index in [4.69, 9.17) is 4.74 Å². The number of hydrogen-bond acceptors (Lipinski definition) is 4. The van der Waals surface area contributed by atoms with E-state index in [2.05, 4.69) is 10.4 Å². The Labute approximate surface area is 166 Å². The average Bonchev–Trinajstić information content (AvgIpc) is 2.94. The summed E-state index contributed by atoms with van der Waals surface area (Å²) in [4.78, 5) is 12.7. The van der Waals surface area contributed by atoms with E-state index >= 15 is 0 Å². The maximum absolute atomic E-state index is 13.4. The lowest BCUT2D eigenvalue weighted by molar-refractivity contribution is -0.115. The first-order chi connectivity index (χ1) is 13.5. The molecule has 1 aliphatic heterocycles. The number of carbonyl (C=O) groups excluding carboxylic acids is 1. The highest BCUT2D eigenvalue weighted by Gasteiger charge is 2.35. The molecule has 1 aromatic heterocycles.